The van der Waals surface area contributed by atoms with E-state index in [-0.39, 0.29) is 18.4 Å². The van der Waals surface area contributed by atoms with Gasteiger partial charge in [0.05, 0.1) is 12.0 Å². The molecule has 12 heteroatoms. The fourth-order valence-electron chi connectivity index (χ4n) is 4.31. The van der Waals surface area contributed by atoms with Crippen molar-refractivity contribution >= 4 is 41.2 Å². The van der Waals surface area contributed by atoms with Crippen molar-refractivity contribution in [1.29, 1.82) is 0 Å². The zero-order valence-corrected chi connectivity index (χ0v) is 23.6. The van der Waals surface area contributed by atoms with Crippen molar-refractivity contribution in [3.63, 3.8) is 0 Å². The number of aliphatic hydroxyl groups is 1. The van der Waals surface area contributed by atoms with E-state index in [0.29, 0.717) is 25.8 Å². The van der Waals surface area contributed by atoms with Gasteiger partial charge >= 0.3 is 6.09 Å². The number of benzene rings is 1. The predicted molar refractivity (Wildman–Crippen MR) is 145 cm³/mol. The van der Waals surface area contributed by atoms with Crippen LogP contribution in [-0.4, -0.2) is 82.3 Å². The number of hydrogen-bond donors (Lipinski definition) is 4. The van der Waals surface area contributed by atoms with E-state index in [1.807, 2.05) is 44.2 Å². The highest BCUT2D eigenvalue weighted by molar-refractivity contribution is 6.28. The number of alkyl halides is 1. The van der Waals surface area contributed by atoms with Crippen LogP contribution in [0.2, 0.25) is 0 Å². The SMILES string of the molecule is CC(C)C[C@H](NC(=O)OCc1ccccc1)C(=O)N1CCC[C@H]1C(=O)N[C@@H](C)C(=O)N[C@H](C(=O)CCl)C(C)O. The van der Waals surface area contributed by atoms with Crippen LogP contribution in [0.3, 0.4) is 0 Å². The van der Waals surface area contributed by atoms with Gasteiger partial charge < -0.3 is 30.7 Å². The first-order valence-corrected chi connectivity index (χ1v) is 13.6. The van der Waals surface area contributed by atoms with E-state index in [0.717, 1.165) is 5.56 Å². The van der Waals surface area contributed by atoms with Gasteiger partial charge in [0.2, 0.25) is 17.7 Å². The molecule has 1 aromatic rings. The summed E-state index contributed by atoms with van der Waals surface area (Å²) < 4.78 is 5.28. The Morgan fingerprint density at radius 2 is 1.72 bits per heavy atom. The van der Waals surface area contributed by atoms with E-state index < -0.39 is 59.9 Å². The van der Waals surface area contributed by atoms with Crippen LogP contribution in [0.15, 0.2) is 30.3 Å². The standard InChI is InChI=1S/C27H39ClN4O7/c1-16(2)13-20(30-27(38)39-15-19-9-6-5-7-10-19)26(37)32-12-8-11-21(32)25(36)29-17(3)24(35)31-23(18(4)33)22(34)14-28/h5-7,9-10,16-18,20-21,23,33H,8,11-15H2,1-4H3,(H,29,36)(H,30,38)(H,31,35)/t17-,18?,20-,21-,23-/m0/s1. The summed E-state index contributed by atoms with van der Waals surface area (Å²) in [7, 11) is 0. The third-order valence-corrected chi connectivity index (χ3v) is 6.62. The van der Waals surface area contributed by atoms with Crippen molar-refractivity contribution in [1.82, 2.24) is 20.9 Å². The first-order valence-electron chi connectivity index (χ1n) is 13.1. The number of ether oxygens (including phenoxy) is 1. The van der Waals surface area contributed by atoms with Gasteiger partial charge in [-0.25, -0.2) is 4.79 Å². The summed E-state index contributed by atoms with van der Waals surface area (Å²) in [5.41, 5.74) is 0.806. The van der Waals surface area contributed by atoms with E-state index in [1.54, 1.807) is 0 Å². The van der Waals surface area contributed by atoms with Gasteiger partial charge in [-0.1, -0.05) is 44.2 Å². The van der Waals surface area contributed by atoms with Gasteiger partial charge in [-0.2, -0.15) is 0 Å². The Hall–Kier alpha value is -3.18. The number of carbonyl (C=O) groups is 5. The molecular weight excluding hydrogens is 528 g/mol. The molecule has 2 rings (SSSR count). The lowest BCUT2D eigenvalue weighted by Gasteiger charge is -2.30. The Kier molecular flexibility index (Phi) is 12.7. The summed E-state index contributed by atoms with van der Waals surface area (Å²) in [6.45, 7) is 6.99. The van der Waals surface area contributed by atoms with Gasteiger partial charge in [0.1, 0.15) is 30.8 Å². The van der Waals surface area contributed by atoms with E-state index in [4.69, 9.17) is 16.3 Å². The molecule has 1 heterocycles. The number of halogens is 1. The second-order valence-electron chi connectivity index (χ2n) is 10.1. The average molecular weight is 567 g/mol. The summed E-state index contributed by atoms with van der Waals surface area (Å²) in [5, 5.41) is 17.4. The Morgan fingerprint density at radius 1 is 1.05 bits per heavy atom. The number of carbonyl (C=O) groups excluding carboxylic acids is 5. The van der Waals surface area contributed by atoms with Crippen molar-refractivity contribution in [3.05, 3.63) is 35.9 Å². The normalized spacial score (nSPS) is 18.0. The molecule has 0 saturated carbocycles. The molecule has 1 aliphatic heterocycles. The maximum atomic E-state index is 13.5. The third kappa shape index (κ3) is 9.81. The number of rotatable bonds is 13. The summed E-state index contributed by atoms with van der Waals surface area (Å²) in [6.07, 6.45) is -0.595. The molecule has 4 amide bonds. The fourth-order valence-corrected chi connectivity index (χ4v) is 4.48. The van der Waals surface area contributed by atoms with Crippen LogP contribution >= 0.6 is 11.6 Å². The Labute approximate surface area is 234 Å². The number of amides is 4. The van der Waals surface area contributed by atoms with Crippen molar-refractivity contribution in [3.8, 4) is 0 Å². The number of alkyl carbamates (subject to hydrolysis) is 1. The van der Waals surface area contributed by atoms with Gasteiger partial charge in [-0.3, -0.25) is 19.2 Å². The molecule has 0 radical (unpaired) electrons. The Morgan fingerprint density at radius 3 is 2.31 bits per heavy atom. The number of ketones is 1. The van der Waals surface area contributed by atoms with Crippen LogP contribution in [-0.2, 0) is 30.5 Å². The molecule has 0 aromatic heterocycles. The molecule has 39 heavy (non-hydrogen) atoms. The van der Waals surface area contributed by atoms with Crippen LogP contribution in [0.25, 0.3) is 0 Å². The average Bonchev–Trinajstić information content (AvgIpc) is 3.39. The number of aliphatic hydroxyl groups excluding tert-OH is 1. The molecule has 0 spiro atoms. The largest absolute Gasteiger partial charge is 0.445 e. The van der Waals surface area contributed by atoms with Crippen LogP contribution in [0, 0.1) is 5.92 Å². The van der Waals surface area contributed by atoms with Gasteiger partial charge in [0.15, 0.2) is 5.78 Å². The number of hydrogen-bond acceptors (Lipinski definition) is 7. The second kappa shape index (κ2) is 15.4. The van der Waals surface area contributed by atoms with Crippen molar-refractivity contribution < 1.29 is 33.8 Å². The quantitative estimate of drug-likeness (QED) is 0.264. The minimum absolute atomic E-state index is 0.0520. The number of likely N-dealkylation sites (tertiary alicyclic amines) is 1. The van der Waals surface area contributed by atoms with Crippen LogP contribution < -0.4 is 16.0 Å². The molecule has 1 fully saturated rings. The highest BCUT2D eigenvalue weighted by Crippen LogP contribution is 2.21. The van der Waals surface area contributed by atoms with Gasteiger partial charge in [0.25, 0.3) is 0 Å². The Balaban J connectivity index is 2.02. The molecule has 4 N–H and O–H groups in total. The maximum Gasteiger partial charge on any atom is 0.408 e. The van der Waals surface area contributed by atoms with Gasteiger partial charge in [0, 0.05) is 6.54 Å². The van der Waals surface area contributed by atoms with Crippen LogP contribution in [0.4, 0.5) is 4.79 Å². The lowest BCUT2D eigenvalue weighted by molar-refractivity contribution is -0.141. The summed E-state index contributed by atoms with van der Waals surface area (Å²) in [5.74, 6) is -2.49. The Bertz CT molecular complexity index is 1010. The molecule has 216 valence electrons. The molecular formula is C27H39ClN4O7. The lowest BCUT2D eigenvalue weighted by Crippen LogP contribution is -2.57. The van der Waals surface area contributed by atoms with Gasteiger partial charge in [-0.05, 0) is 44.6 Å². The van der Waals surface area contributed by atoms with E-state index in [9.17, 15) is 29.1 Å². The highest BCUT2D eigenvalue weighted by atomic mass is 35.5. The van der Waals surface area contributed by atoms with Gasteiger partial charge in [-0.15, -0.1) is 11.6 Å². The molecule has 5 atom stereocenters. The molecule has 0 aliphatic carbocycles. The monoisotopic (exact) mass is 566 g/mol. The number of nitrogens with zero attached hydrogens (tertiary/aromatic N) is 1. The molecule has 1 aliphatic rings. The van der Waals surface area contributed by atoms with Crippen LogP contribution in [0.1, 0.15) is 52.5 Å². The first-order chi connectivity index (χ1) is 18.4. The van der Waals surface area contributed by atoms with E-state index >= 15 is 0 Å². The lowest BCUT2D eigenvalue weighted by atomic mass is 10.0. The predicted octanol–water partition coefficient (Wildman–Crippen LogP) is 1.50. The zero-order valence-electron chi connectivity index (χ0n) is 22.8. The molecule has 1 unspecified atom stereocenters. The second-order valence-corrected chi connectivity index (χ2v) is 10.4. The van der Waals surface area contributed by atoms with Crippen molar-refractivity contribution in [2.45, 2.75) is 83.8 Å². The summed E-state index contributed by atoms with van der Waals surface area (Å²) in [6, 6.07) is 5.17. The maximum absolute atomic E-state index is 13.5. The minimum Gasteiger partial charge on any atom is -0.445 e. The number of nitrogens with one attached hydrogen (secondary N) is 3. The third-order valence-electron chi connectivity index (χ3n) is 6.36. The zero-order chi connectivity index (χ0) is 29.1. The topological polar surface area (TPSA) is 154 Å². The van der Waals surface area contributed by atoms with E-state index in [1.165, 1.54) is 18.7 Å². The smallest absolute Gasteiger partial charge is 0.408 e. The number of Topliss-reactive ketones (excluding diaryl/α,β-unsaturated/α-hetero) is 1. The molecule has 11 nitrogen and oxygen atoms in total. The first kappa shape index (κ1) is 32.0. The fraction of sp³-hybridized carbons (Fsp3) is 0.593. The molecule has 1 aromatic carbocycles. The van der Waals surface area contributed by atoms with Crippen LogP contribution in [0.5, 0.6) is 0 Å². The molecule has 1 saturated heterocycles. The van der Waals surface area contributed by atoms with Crippen molar-refractivity contribution in [2.75, 3.05) is 12.4 Å². The highest BCUT2D eigenvalue weighted by Gasteiger charge is 2.39. The molecule has 0 bridgehead atoms. The summed E-state index contributed by atoms with van der Waals surface area (Å²) in [4.78, 5) is 65.0. The summed E-state index contributed by atoms with van der Waals surface area (Å²) >= 11 is 5.55. The van der Waals surface area contributed by atoms with Crippen molar-refractivity contribution in [2.24, 2.45) is 5.92 Å². The van der Waals surface area contributed by atoms with E-state index in [2.05, 4.69) is 16.0 Å². The minimum atomic E-state index is -1.21.